The predicted octanol–water partition coefficient (Wildman–Crippen LogP) is 2.42. The van der Waals surface area contributed by atoms with Crippen LogP contribution in [0, 0.1) is 5.92 Å². The highest BCUT2D eigenvalue weighted by Crippen LogP contribution is 2.44. The molecule has 0 aromatic carbocycles. The van der Waals surface area contributed by atoms with Gasteiger partial charge in [0.1, 0.15) is 0 Å². The van der Waals surface area contributed by atoms with E-state index in [0.717, 1.165) is 12.8 Å². The molecule has 0 aromatic heterocycles. The van der Waals surface area contributed by atoms with Gasteiger partial charge in [-0.15, -0.1) is 0 Å². The van der Waals surface area contributed by atoms with Crippen LogP contribution in [0.3, 0.4) is 0 Å². The van der Waals surface area contributed by atoms with Crippen LogP contribution in [0.25, 0.3) is 0 Å². The van der Waals surface area contributed by atoms with Crippen LogP contribution in [0.5, 0.6) is 0 Å². The van der Waals surface area contributed by atoms with Gasteiger partial charge in [-0.3, -0.25) is 0 Å². The third kappa shape index (κ3) is 1.60. The van der Waals surface area contributed by atoms with Crippen molar-refractivity contribution < 1.29 is 8.78 Å². The second-order valence-electron chi connectivity index (χ2n) is 3.50. The van der Waals surface area contributed by atoms with Gasteiger partial charge in [0.2, 0.25) is 0 Å². The quantitative estimate of drug-likeness (QED) is 0.680. The van der Waals surface area contributed by atoms with Crippen LogP contribution >= 0.6 is 0 Å². The summed E-state index contributed by atoms with van der Waals surface area (Å²) in [5, 5.41) is 2.96. The largest absolute Gasteiger partial charge is 0.306 e. The number of rotatable bonds is 5. The van der Waals surface area contributed by atoms with Gasteiger partial charge in [-0.25, -0.2) is 8.78 Å². The first kappa shape index (κ1) is 9.90. The summed E-state index contributed by atoms with van der Waals surface area (Å²) in [5.41, 5.74) is -0.880. The van der Waals surface area contributed by atoms with Crippen LogP contribution in [-0.4, -0.2) is 18.5 Å². The Bertz CT molecular complexity index is 141. The van der Waals surface area contributed by atoms with Gasteiger partial charge in [0.15, 0.2) is 0 Å². The molecule has 0 bridgehead atoms. The van der Waals surface area contributed by atoms with E-state index < -0.39 is 12.0 Å². The van der Waals surface area contributed by atoms with Crippen LogP contribution in [0.2, 0.25) is 0 Å². The molecular weight excluding hydrogens is 160 g/mol. The lowest BCUT2D eigenvalue weighted by Gasteiger charge is -2.33. The maximum Gasteiger partial charge on any atom is 0.256 e. The van der Waals surface area contributed by atoms with E-state index in [0.29, 0.717) is 13.0 Å². The highest BCUT2D eigenvalue weighted by atomic mass is 19.3. The van der Waals surface area contributed by atoms with Crippen LogP contribution < -0.4 is 5.32 Å². The third-order valence-electron chi connectivity index (χ3n) is 2.79. The molecule has 1 aliphatic rings. The fraction of sp³-hybridized carbons (Fsp3) is 1.00. The zero-order valence-electron chi connectivity index (χ0n) is 7.74. The molecule has 1 saturated carbocycles. The molecule has 12 heavy (non-hydrogen) atoms. The van der Waals surface area contributed by atoms with Crippen molar-refractivity contribution in [2.45, 2.75) is 45.1 Å². The van der Waals surface area contributed by atoms with E-state index in [2.05, 4.69) is 5.32 Å². The Balaban J connectivity index is 2.64. The summed E-state index contributed by atoms with van der Waals surface area (Å²) in [6.45, 7) is 4.36. The molecule has 0 amide bonds. The summed E-state index contributed by atoms with van der Waals surface area (Å²) < 4.78 is 25.5. The Morgan fingerprint density at radius 3 is 2.25 bits per heavy atom. The lowest BCUT2D eigenvalue weighted by atomic mass is 9.90. The van der Waals surface area contributed by atoms with Crippen molar-refractivity contribution in [3.8, 4) is 0 Å². The van der Waals surface area contributed by atoms with Crippen LogP contribution in [0.15, 0.2) is 0 Å². The average Bonchev–Trinajstić information content (AvgIpc) is 2.82. The number of nitrogens with one attached hydrogen (secondary N) is 1. The smallest absolute Gasteiger partial charge is 0.256 e. The molecule has 1 unspecified atom stereocenters. The first-order chi connectivity index (χ1) is 5.67. The summed E-state index contributed by atoms with van der Waals surface area (Å²) in [6.07, 6.45) is 0.231. The first-order valence-electron chi connectivity index (χ1n) is 4.70. The summed E-state index contributed by atoms with van der Waals surface area (Å²) >= 11 is 0. The first-order valence-corrected chi connectivity index (χ1v) is 4.70. The van der Waals surface area contributed by atoms with E-state index in [9.17, 15) is 8.78 Å². The van der Waals surface area contributed by atoms with Crippen molar-refractivity contribution in [1.82, 2.24) is 5.32 Å². The Kier molecular flexibility index (Phi) is 3.04. The van der Waals surface area contributed by atoms with Crippen molar-refractivity contribution in [1.29, 1.82) is 0 Å². The summed E-state index contributed by atoms with van der Waals surface area (Å²) in [4.78, 5) is 0. The maximum atomic E-state index is 12.8. The molecular formula is C9H17F2N. The second kappa shape index (κ2) is 3.69. The Morgan fingerprint density at radius 1 is 1.42 bits per heavy atom. The molecule has 1 fully saturated rings. The fourth-order valence-electron chi connectivity index (χ4n) is 1.90. The van der Waals surface area contributed by atoms with Crippen molar-refractivity contribution in [2.24, 2.45) is 5.92 Å². The van der Waals surface area contributed by atoms with Gasteiger partial charge in [0.05, 0.1) is 5.54 Å². The normalized spacial score (nSPS) is 22.8. The minimum Gasteiger partial charge on any atom is -0.306 e. The zero-order valence-corrected chi connectivity index (χ0v) is 7.74. The molecule has 1 aliphatic carbocycles. The predicted molar refractivity (Wildman–Crippen MR) is 45.4 cm³/mol. The van der Waals surface area contributed by atoms with E-state index in [1.807, 2.05) is 13.8 Å². The molecule has 1 rings (SSSR count). The SMILES string of the molecule is CCNC(CC)(C(F)F)C1CC1. The summed E-state index contributed by atoms with van der Waals surface area (Å²) in [6, 6.07) is 0. The minimum absolute atomic E-state index is 0.211. The van der Waals surface area contributed by atoms with E-state index in [4.69, 9.17) is 0 Å². The van der Waals surface area contributed by atoms with E-state index in [1.165, 1.54) is 0 Å². The standard InChI is InChI=1S/C9H17F2N/c1-3-9(8(10)11,12-4-2)7-5-6-7/h7-8,12H,3-6H2,1-2H3. The highest BCUT2D eigenvalue weighted by Gasteiger charge is 2.49. The Labute approximate surface area is 72.5 Å². The zero-order chi connectivity index (χ0) is 9.19. The molecule has 1 nitrogen and oxygen atoms in total. The fourth-order valence-corrected chi connectivity index (χ4v) is 1.90. The van der Waals surface area contributed by atoms with Gasteiger partial charge in [0.25, 0.3) is 6.43 Å². The van der Waals surface area contributed by atoms with Crippen molar-refractivity contribution in [3.05, 3.63) is 0 Å². The van der Waals surface area contributed by atoms with Crippen molar-refractivity contribution >= 4 is 0 Å². The number of alkyl halides is 2. The molecule has 0 saturated heterocycles. The van der Waals surface area contributed by atoms with Gasteiger partial charge in [0, 0.05) is 0 Å². The Morgan fingerprint density at radius 2 is 2.00 bits per heavy atom. The highest BCUT2D eigenvalue weighted by molar-refractivity contribution is 5.01. The molecule has 0 aliphatic heterocycles. The lowest BCUT2D eigenvalue weighted by Crippen LogP contribution is -2.52. The minimum atomic E-state index is -2.23. The number of hydrogen-bond donors (Lipinski definition) is 1. The van der Waals surface area contributed by atoms with Gasteiger partial charge < -0.3 is 5.32 Å². The molecule has 0 radical (unpaired) electrons. The van der Waals surface area contributed by atoms with Gasteiger partial charge in [-0.2, -0.15) is 0 Å². The van der Waals surface area contributed by atoms with Gasteiger partial charge in [-0.1, -0.05) is 13.8 Å². The van der Waals surface area contributed by atoms with Crippen molar-refractivity contribution in [2.75, 3.05) is 6.54 Å². The summed E-state index contributed by atoms with van der Waals surface area (Å²) in [5.74, 6) is 0.211. The molecule has 3 heteroatoms. The molecule has 1 N–H and O–H groups in total. The van der Waals surface area contributed by atoms with Crippen LogP contribution in [-0.2, 0) is 0 Å². The molecule has 0 heterocycles. The van der Waals surface area contributed by atoms with E-state index in [1.54, 1.807) is 0 Å². The average molecular weight is 177 g/mol. The van der Waals surface area contributed by atoms with E-state index in [-0.39, 0.29) is 5.92 Å². The monoisotopic (exact) mass is 177 g/mol. The third-order valence-corrected chi connectivity index (χ3v) is 2.79. The second-order valence-corrected chi connectivity index (χ2v) is 3.50. The lowest BCUT2D eigenvalue weighted by molar-refractivity contribution is 0.0140. The van der Waals surface area contributed by atoms with Gasteiger partial charge >= 0.3 is 0 Å². The number of hydrogen-bond acceptors (Lipinski definition) is 1. The molecule has 0 spiro atoms. The molecule has 0 aromatic rings. The number of halogens is 2. The van der Waals surface area contributed by atoms with Crippen LogP contribution in [0.4, 0.5) is 8.78 Å². The molecule has 72 valence electrons. The summed E-state index contributed by atoms with van der Waals surface area (Å²) in [7, 11) is 0. The topological polar surface area (TPSA) is 12.0 Å². The van der Waals surface area contributed by atoms with Crippen LogP contribution in [0.1, 0.15) is 33.1 Å². The molecule has 1 atom stereocenters. The van der Waals surface area contributed by atoms with Crippen molar-refractivity contribution in [3.63, 3.8) is 0 Å². The van der Waals surface area contributed by atoms with Gasteiger partial charge in [-0.05, 0) is 31.7 Å². The van der Waals surface area contributed by atoms with E-state index >= 15 is 0 Å². The maximum absolute atomic E-state index is 12.8. The Hall–Kier alpha value is -0.180.